The van der Waals surface area contributed by atoms with Gasteiger partial charge in [0.1, 0.15) is 10.4 Å². The van der Waals surface area contributed by atoms with Crippen LogP contribution in [-0.4, -0.2) is 22.2 Å². The minimum atomic E-state index is 0.317. The summed E-state index contributed by atoms with van der Waals surface area (Å²) in [5.41, 5.74) is 0.317. The van der Waals surface area contributed by atoms with Gasteiger partial charge in [-0.3, -0.25) is 0 Å². The molecule has 1 aliphatic heterocycles. The van der Waals surface area contributed by atoms with E-state index in [0.717, 1.165) is 22.4 Å². The quantitative estimate of drug-likeness (QED) is 0.735. The Balaban J connectivity index is 1.94. The second kappa shape index (κ2) is 3.72. The number of ether oxygens (including phenoxy) is 1. The fraction of sp³-hybridized carbons (Fsp3) is 0.714. The molecule has 66 valence electrons. The summed E-state index contributed by atoms with van der Waals surface area (Å²) < 4.78 is 6.50. The van der Waals surface area contributed by atoms with Crippen LogP contribution in [0.2, 0.25) is 0 Å². The van der Waals surface area contributed by atoms with E-state index in [1.54, 1.807) is 23.1 Å². The lowest BCUT2D eigenvalue weighted by Gasteiger charge is -2.03. The van der Waals surface area contributed by atoms with Gasteiger partial charge in [-0.25, -0.2) is 0 Å². The molecule has 5 heteroatoms. The number of nitrogens with zero attached hydrogens (tertiary/aromatic N) is 2. The lowest BCUT2D eigenvalue weighted by Crippen LogP contribution is -1.96. The number of aromatic nitrogens is 2. The standard InChI is InChI=1S/C7H10N2OS2/c1-5-8-9-7(11-5)12-6-3-2-4-10-6/h6H,2-4H2,1H3. The zero-order valence-electron chi connectivity index (χ0n) is 6.82. The topological polar surface area (TPSA) is 35.0 Å². The zero-order valence-corrected chi connectivity index (χ0v) is 8.45. The van der Waals surface area contributed by atoms with Crippen molar-refractivity contribution in [2.24, 2.45) is 0 Å². The third kappa shape index (κ3) is 1.97. The summed E-state index contributed by atoms with van der Waals surface area (Å²) in [5, 5.41) is 9.01. The van der Waals surface area contributed by atoms with Gasteiger partial charge < -0.3 is 4.74 Å². The maximum Gasteiger partial charge on any atom is 0.176 e. The molecule has 0 bridgehead atoms. The fourth-order valence-electron chi connectivity index (χ4n) is 1.08. The predicted molar refractivity (Wildman–Crippen MR) is 49.5 cm³/mol. The van der Waals surface area contributed by atoms with Gasteiger partial charge in [-0.1, -0.05) is 23.1 Å². The van der Waals surface area contributed by atoms with Crippen LogP contribution < -0.4 is 0 Å². The SMILES string of the molecule is Cc1nnc(SC2CCCO2)s1. The summed E-state index contributed by atoms with van der Waals surface area (Å²) in [6.45, 7) is 2.87. The molecule has 1 fully saturated rings. The van der Waals surface area contributed by atoms with Crippen molar-refractivity contribution in [1.29, 1.82) is 0 Å². The van der Waals surface area contributed by atoms with Crippen molar-refractivity contribution in [3.05, 3.63) is 5.01 Å². The van der Waals surface area contributed by atoms with Crippen molar-refractivity contribution < 1.29 is 4.74 Å². The molecule has 0 saturated carbocycles. The first-order valence-electron chi connectivity index (χ1n) is 3.93. The van der Waals surface area contributed by atoms with E-state index in [2.05, 4.69) is 10.2 Å². The van der Waals surface area contributed by atoms with Crippen molar-refractivity contribution in [3.63, 3.8) is 0 Å². The van der Waals surface area contributed by atoms with Crippen LogP contribution in [0.1, 0.15) is 17.8 Å². The average Bonchev–Trinajstić information content (AvgIpc) is 2.63. The summed E-state index contributed by atoms with van der Waals surface area (Å²) in [4.78, 5) is 0. The van der Waals surface area contributed by atoms with Crippen molar-refractivity contribution in [2.75, 3.05) is 6.61 Å². The first-order chi connectivity index (χ1) is 5.84. The van der Waals surface area contributed by atoms with E-state index >= 15 is 0 Å². The highest BCUT2D eigenvalue weighted by Gasteiger charge is 2.18. The van der Waals surface area contributed by atoms with Gasteiger partial charge >= 0.3 is 0 Å². The maximum absolute atomic E-state index is 5.47. The molecule has 1 saturated heterocycles. The van der Waals surface area contributed by atoms with E-state index in [4.69, 9.17) is 4.74 Å². The molecule has 0 amide bonds. The summed E-state index contributed by atoms with van der Waals surface area (Å²) in [6, 6.07) is 0. The fourth-order valence-corrected chi connectivity index (χ4v) is 3.13. The molecular weight excluding hydrogens is 192 g/mol. The van der Waals surface area contributed by atoms with Crippen molar-refractivity contribution in [3.8, 4) is 0 Å². The molecule has 1 aliphatic rings. The first kappa shape index (κ1) is 8.47. The highest BCUT2D eigenvalue weighted by atomic mass is 32.2. The molecule has 0 aromatic carbocycles. The van der Waals surface area contributed by atoms with Crippen molar-refractivity contribution >= 4 is 23.1 Å². The first-order valence-corrected chi connectivity index (χ1v) is 5.62. The van der Waals surface area contributed by atoms with Gasteiger partial charge in [0.15, 0.2) is 4.34 Å². The van der Waals surface area contributed by atoms with E-state index in [9.17, 15) is 0 Å². The molecule has 1 atom stereocenters. The zero-order chi connectivity index (χ0) is 8.39. The Hall–Kier alpha value is -0.130. The van der Waals surface area contributed by atoms with Gasteiger partial charge in [0.2, 0.25) is 0 Å². The highest BCUT2D eigenvalue weighted by Crippen LogP contribution is 2.32. The van der Waals surface area contributed by atoms with Gasteiger partial charge in [0, 0.05) is 6.61 Å². The van der Waals surface area contributed by atoms with Crippen molar-refractivity contribution in [2.45, 2.75) is 29.5 Å². The van der Waals surface area contributed by atoms with Gasteiger partial charge in [-0.2, -0.15) is 0 Å². The number of thioether (sulfide) groups is 1. The Morgan fingerprint density at radius 1 is 1.58 bits per heavy atom. The van der Waals surface area contributed by atoms with Crippen LogP contribution in [0, 0.1) is 6.92 Å². The smallest absolute Gasteiger partial charge is 0.176 e. The van der Waals surface area contributed by atoms with E-state index < -0.39 is 0 Å². The Kier molecular flexibility index (Phi) is 2.63. The Morgan fingerprint density at radius 3 is 3.08 bits per heavy atom. The Bertz CT molecular complexity index is 258. The van der Waals surface area contributed by atoms with E-state index in [1.165, 1.54) is 6.42 Å². The third-order valence-corrected chi connectivity index (χ3v) is 3.72. The van der Waals surface area contributed by atoms with Gasteiger partial charge in [-0.05, 0) is 19.8 Å². The molecule has 0 radical (unpaired) electrons. The van der Waals surface area contributed by atoms with Crippen LogP contribution in [0.15, 0.2) is 4.34 Å². The summed E-state index contributed by atoms with van der Waals surface area (Å²) in [7, 11) is 0. The van der Waals surface area contributed by atoms with Gasteiger partial charge in [0.05, 0.1) is 0 Å². The van der Waals surface area contributed by atoms with Crippen LogP contribution in [0.25, 0.3) is 0 Å². The largest absolute Gasteiger partial charge is 0.367 e. The number of aryl methyl sites for hydroxylation is 1. The van der Waals surface area contributed by atoms with Crippen LogP contribution in [0.4, 0.5) is 0 Å². The van der Waals surface area contributed by atoms with Gasteiger partial charge in [-0.15, -0.1) is 10.2 Å². The van der Waals surface area contributed by atoms with E-state index in [1.807, 2.05) is 6.92 Å². The maximum atomic E-state index is 5.47. The van der Waals surface area contributed by atoms with Crippen LogP contribution >= 0.6 is 23.1 Å². The van der Waals surface area contributed by atoms with E-state index in [0.29, 0.717) is 5.44 Å². The lowest BCUT2D eigenvalue weighted by atomic mass is 10.4. The highest BCUT2D eigenvalue weighted by molar-refractivity contribution is 8.01. The molecule has 12 heavy (non-hydrogen) atoms. The second-order valence-electron chi connectivity index (χ2n) is 2.65. The minimum absolute atomic E-state index is 0.317. The van der Waals surface area contributed by atoms with Crippen LogP contribution in [0.5, 0.6) is 0 Å². The summed E-state index contributed by atoms with van der Waals surface area (Å²) >= 11 is 3.33. The van der Waals surface area contributed by atoms with Crippen molar-refractivity contribution in [1.82, 2.24) is 10.2 Å². The van der Waals surface area contributed by atoms with Gasteiger partial charge in [0.25, 0.3) is 0 Å². The average molecular weight is 202 g/mol. The summed E-state index contributed by atoms with van der Waals surface area (Å²) in [6.07, 6.45) is 2.32. The molecule has 1 unspecified atom stereocenters. The molecule has 1 aromatic rings. The van der Waals surface area contributed by atoms with E-state index in [-0.39, 0.29) is 0 Å². The number of rotatable bonds is 2. The molecule has 3 nitrogen and oxygen atoms in total. The molecule has 0 spiro atoms. The molecule has 2 rings (SSSR count). The number of hydrogen-bond donors (Lipinski definition) is 0. The second-order valence-corrected chi connectivity index (χ2v) is 5.24. The number of hydrogen-bond acceptors (Lipinski definition) is 5. The predicted octanol–water partition coefficient (Wildman–Crippen LogP) is 2.08. The lowest BCUT2D eigenvalue weighted by molar-refractivity contribution is 0.173. The monoisotopic (exact) mass is 202 g/mol. The summed E-state index contributed by atoms with van der Waals surface area (Å²) in [5.74, 6) is 0. The Morgan fingerprint density at radius 2 is 2.50 bits per heavy atom. The normalized spacial score (nSPS) is 23.2. The third-order valence-electron chi connectivity index (χ3n) is 1.63. The molecule has 1 aromatic heterocycles. The van der Waals surface area contributed by atoms with Crippen LogP contribution in [0.3, 0.4) is 0 Å². The molecule has 0 aliphatic carbocycles. The molecule has 0 N–H and O–H groups in total. The Labute approximate surface area is 79.5 Å². The molecular formula is C7H10N2OS2. The van der Waals surface area contributed by atoms with Crippen LogP contribution in [-0.2, 0) is 4.74 Å². The minimum Gasteiger partial charge on any atom is -0.367 e. The molecule has 2 heterocycles.